The van der Waals surface area contributed by atoms with E-state index in [2.05, 4.69) is 15.6 Å². The number of anilines is 1. The molecule has 0 spiro atoms. The largest absolute Gasteiger partial charge is 0.488 e. The van der Waals surface area contributed by atoms with Crippen molar-refractivity contribution in [3.05, 3.63) is 66.4 Å². The Hall–Kier alpha value is -3.41. The van der Waals surface area contributed by atoms with Crippen LogP contribution in [0.15, 0.2) is 60.8 Å². The number of para-hydroxylation sites is 1. The van der Waals surface area contributed by atoms with Crippen molar-refractivity contribution in [1.82, 2.24) is 10.3 Å². The lowest BCUT2D eigenvalue weighted by Crippen LogP contribution is -2.40. The van der Waals surface area contributed by atoms with Crippen molar-refractivity contribution in [3.63, 3.8) is 0 Å². The number of carbonyl (C=O) groups excluding carboxylic acids is 2. The smallest absolute Gasteiger partial charge is 0.313 e. The van der Waals surface area contributed by atoms with Gasteiger partial charge >= 0.3 is 11.8 Å². The van der Waals surface area contributed by atoms with Crippen LogP contribution in [0.3, 0.4) is 0 Å². The van der Waals surface area contributed by atoms with E-state index in [0.29, 0.717) is 5.69 Å². The van der Waals surface area contributed by atoms with E-state index in [1.165, 1.54) is 0 Å². The molecule has 4 rings (SSSR count). The molecule has 26 heavy (non-hydrogen) atoms. The molecule has 6 nitrogen and oxygen atoms in total. The summed E-state index contributed by atoms with van der Waals surface area (Å²) in [7, 11) is 0. The van der Waals surface area contributed by atoms with Crippen LogP contribution in [0.2, 0.25) is 0 Å². The van der Waals surface area contributed by atoms with Crippen LogP contribution in [0.1, 0.15) is 5.56 Å². The van der Waals surface area contributed by atoms with E-state index in [1.54, 1.807) is 24.4 Å². The first kappa shape index (κ1) is 16.1. The Balaban J connectivity index is 1.32. The van der Waals surface area contributed by atoms with Gasteiger partial charge in [0, 0.05) is 23.7 Å². The number of hydrogen-bond donors (Lipinski definition) is 2. The zero-order chi connectivity index (χ0) is 17.9. The van der Waals surface area contributed by atoms with Crippen LogP contribution in [0.4, 0.5) is 5.69 Å². The van der Waals surface area contributed by atoms with Crippen molar-refractivity contribution in [2.45, 2.75) is 12.5 Å². The third-order valence-electron chi connectivity index (χ3n) is 4.27. The summed E-state index contributed by atoms with van der Waals surface area (Å²) in [5.74, 6) is -0.555. The number of carbonyl (C=O) groups is 2. The SMILES string of the molecule is O=C(NC[C@@H]1Cc2ccccc2O1)C(=O)Nc1ccc2ncccc2c1. The van der Waals surface area contributed by atoms with E-state index in [0.717, 1.165) is 28.6 Å². The fourth-order valence-electron chi connectivity index (χ4n) is 3.00. The summed E-state index contributed by atoms with van der Waals surface area (Å²) in [6, 6.07) is 16.8. The molecule has 2 heterocycles. The monoisotopic (exact) mass is 347 g/mol. The Morgan fingerprint density at radius 2 is 1.96 bits per heavy atom. The van der Waals surface area contributed by atoms with Gasteiger partial charge in [0.15, 0.2) is 0 Å². The standard InChI is InChI=1S/C20H17N3O3/c24-19(22-12-16-11-14-4-1-2-6-18(14)26-16)20(25)23-15-7-8-17-13(10-15)5-3-9-21-17/h1-10,16H,11-12H2,(H,22,24)(H,23,25)/t16-/m0/s1. The third kappa shape index (κ3) is 3.35. The van der Waals surface area contributed by atoms with Crippen molar-refractivity contribution >= 4 is 28.4 Å². The molecule has 130 valence electrons. The minimum absolute atomic E-state index is 0.157. The Kier molecular flexibility index (Phi) is 4.23. The van der Waals surface area contributed by atoms with Crippen molar-refractivity contribution in [2.75, 3.05) is 11.9 Å². The van der Waals surface area contributed by atoms with E-state index in [9.17, 15) is 9.59 Å². The van der Waals surface area contributed by atoms with Gasteiger partial charge in [0.1, 0.15) is 11.9 Å². The number of benzene rings is 2. The molecule has 1 aromatic heterocycles. The number of nitrogens with one attached hydrogen (secondary N) is 2. The molecule has 0 saturated carbocycles. The van der Waals surface area contributed by atoms with E-state index >= 15 is 0 Å². The van der Waals surface area contributed by atoms with Gasteiger partial charge in [-0.2, -0.15) is 0 Å². The van der Waals surface area contributed by atoms with Crippen molar-refractivity contribution in [2.24, 2.45) is 0 Å². The van der Waals surface area contributed by atoms with Gasteiger partial charge in [-0.1, -0.05) is 24.3 Å². The summed E-state index contributed by atoms with van der Waals surface area (Å²) in [6.45, 7) is 0.280. The van der Waals surface area contributed by atoms with E-state index in [1.807, 2.05) is 36.4 Å². The van der Waals surface area contributed by atoms with Crippen LogP contribution in [0.5, 0.6) is 5.75 Å². The lowest BCUT2D eigenvalue weighted by atomic mass is 10.1. The van der Waals surface area contributed by atoms with E-state index in [4.69, 9.17) is 4.74 Å². The predicted octanol–water partition coefficient (Wildman–Crippen LogP) is 2.29. The molecular formula is C20H17N3O3. The van der Waals surface area contributed by atoms with Gasteiger partial charge in [0.05, 0.1) is 12.1 Å². The van der Waals surface area contributed by atoms with E-state index < -0.39 is 11.8 Å². The lowest BCUT2D eigenvalue weighted by molar-refractivity contribution is -0.136. The van der Waals surface area contributed by atoms with Crippen LogP contribution < -0.4 is 15.4 Å². The summed E-state index contributed by atoms with van der Waals surface area (Å²) in [5.41, 5.74) is 2.49. The van der Waals surface area contributed by atoms with Gasteiger partial charge < -0.3 is 15.4 Å². The maximum absolute atomic E-state index is 12.1. The maximum Gasteiger partial charge on any atom is 0.313 e. The molecule has 2 aromatic carbocycles. The summed E-state index contributed by atoms with van der Waals surface area (Å²) >= 11 is 0. The highest BCUT2D eigenvalue weighted by Gasteiger charge is 2.24. The average molecular weight is 347 g/mol. The second-order valence-corrected chi connectivity index (χ2v) is 6.13. The molecule has 1 aliphatic heterocycles. The van der Waals surface area contributed by atoms with Crippen molar-refractivity contribution in [3.8, 4) is 5.75 Å². The number of hydrogen-bond acceptors (Lipinski definition) is 4. The van der Waals surface area contributed by atoms with Gasteiger partial charge in [0.2, 0.25) is 0 Å². The normalized spacial score (nSPS) is 15.2. The minimum atomic E-state index is -0.705. The first-order chi connectivity index (χ1) is 12.7. The third-order valence-corrected chi connectivity index (χ3v) is 4.27. The molecule has 0 unspecified atom stereocenters. The zero-order valence-corrected chi connectivity index (χ0v) is 13.9. The molecule has 0 aliphatic carbocycles. The molecule has 1 atom stereocenters. The molecule has 6 heteroatoms. The first-order valence-corrected chi connectivity index (χ1v) is 8.37. The first-order valence-electron chi connectivity index (χ1n) is 8.37. The van der Waals surface area contributed by atoms with Crippen LogP contribution in [0, 0.1) is 0 Å². The fraction of sp³-hybridized carbons (Fsp3) is 0.150. The van der Waals surface area contributed by atoms with E-state index in [-0.39, 0.29) is 12.6 Å². The summed E-state index contributed by atoms with van der Waals surface area (Å²) in [6.07, 6.45) is 2.27. The number of pyridine rings is 1. The van der Waals surface area contributed by atoms with Gasteiger partial charge in [-0.15, -0.1) is 0 Å². The molecule has 0 saturated heterocycles. The lowest BCUT2D eigenvalue weighted by Gasteiger charge is -2.12. The molecule has 1 aliphatic rings. The van der Waals surface area contributed by atoms with Crippen LogP contribution in [-0.2, 0) is 16.0 Å². The Bertz CT molecular complexity index is 962. The molecule has 2 amide bonds. The fourth-order valence-corrected chi connectivity index (χ4v) is 3.00. The number of fused-ring (bicyclic) bond motifs is 2. The topological polar surface area (TPSA) is 80.3 Å². The van der Waals surface area contributed by atoms with Crippen molar-refractivity contribution in [1.29, 1.82) is 0 Å². The zero-order valence-electron chi connectivity index (χ0n) is 13.9. The van der Waals surface area contributed by atoms with Crippen LogP contribution in [0.25, 0.3) is 10.9 Å². The highest BCUT2D eigenvalue weighted by atomic mass is 16.5. The second kappa shape index (κ2) is 6.84. The van der Waals surface area contributed by atoms with Crippen molar-refractivity contribution < 1.29 is 14.3 Å². The van der Waals surface area contributed by atoms with Crippen LogP contribution >= 0.6 is 0 Å². The number of rotatable bonds is 3. The number of ether oxygens (including phenoxy) is 1. The van der Waals surface area contributed by atoms with Gasteiger partial charge in [-0.25, -0.2) is 0 Å². The highest BCUT2D eigenvalue weighted by molar-refractivity contribution is 6.39. The molecule has 3 aromatic rings. The highest BCUT2D eigenvalue weighted by Crippen LogP contribution is 2.27. The number of nitrogens with zero attached hydrogens (tertiary/aromatic N) is 1. The molecular weight excluding hydrogens is 330 g/mol. The molecule has 2 N–H and O–H groups in total. The quantitative estimate of drug-likeness (QED) is 0.713. The van der Waals surface area contributed by atoms with Gasteiger partial charge in [-0.3, -0.25) is 14.6 Å². The predicted molar refractivity (Wildman–Crippen MR) is 97.9 cm³/mol. The Morgan fingerprint density at radius 3 is 2.85 bits per heavy atom. The molecule has 0 bridgehead atoms. The van der Waals surface area contributed by atoms with Gasteiger partial charge in [0.25, 0.3) is 0 Å². The maximum atomic E-state index is 12.1. The van der Waals surface area contributed by atoms with Crippen LogP contribution in [-0.4, -0.2) is 29.4 Å². The summed E-state index contributed by atoms with van der Waals surface area (Å²) in [5, 5.41) is 6.13. The average Bonchev–Trinajstić information content (AvgIpc) is 3.09. The number of amides is 2. The number of aromatic nitrogens is 1. The molecule has 0 fully saturated rings. The van der Waals surface area contributed by atoms with Gasteiger partial charge in [-0.05, 0) is 35.9 Å². The summed E-state index contributed by atoms with van der Waals surface area (Å²) in [4.78, 5) is 28.4. The minimum Gasteiger partial charge on any atom is -0.488 e. The second-order valence-electron chi connectivity index (χ2n) is 6.13. The molecule has 0 radical (unpaired) electrons. The summed E-state index contributed by atoms with van der Waals surface area (Å²) < 4.78 is 5.75. The Labute approximate surface area is 150 Å². The Morgan fingerprint density at radius 1 is 1.08 bits per heavy atom.